The number of anilines is 1. The fourth-order valence-corrected chi connectivity index (χ4v) is 5.88. The Labute approximate surface area is 173 Å². The van der Waals surface area contributed by atoms with Crippen LogP contribution in [0.2, 0.25) is 0 Å². The molecule has 1 saturated heterocycles. The van der Waals surface area contributed by atoms with Crippen molar-refractivity contribution in [2.24, 2.45) is 0 Å². The van der Waals surface area contributed by atoms with E-state index in [0.717, 1.165) is 31.2 Å². The number of rotatable bonds is 6. The number of piperazine rings is 1. The van der Waals surface area contributed by atoms with Gasteiger partial charge in [0.1, 0.15) is 5.54 Å². The number of amides is 2. The molecule has 0 bridgehead atoms. The smallest absolute Gasteiger partial charge is 0.247 e. The third kappa shape index (κ3) is 4.33. The van der Waals surface area contributed by atoms with Crippen LogP contribution in [0.1, 0.15) is 51.5 Å². The summed E-state index contributed by atoms with van der Waals surface area (Å²) in [7, 11) is -3.61. The van der Waals surface area contributed by atoms with Gasteiger partial charge in [-0.25, -0.2) is 8.42 Å². The van der Waals surface area contributed by atoms with Crippen LogP contribution < -0.4 is 10.2 Å². The van der Waals surface area contributed by atoms with E-state index in [2.05, 4.69) is 5.32 Å². The molecule has 1 aliphatic carbocycles. The van der Waals surface area contributed by atoms with Gasteiger partial charge in [0.15, 0.2) is 0 Å². The van der Waals surface area contributed by atoms with Crippen LogP contribution in [0.25, 0.3) is 0 Å². The Balaban J connectivity index is 2.01. The maximum Gasteiger partial charge on any atom is 0.247 e. The zero-order valence-electron chi connectivity index (χ0n) is 17.5. The van der Waals surface area contributed by atoms with Gasteiger partial charge in [0.25, 0.3) is 0 Å². The number of carbonyl (C=O) groups excluding carboxylic acids is 2. The molecule has 160 valence electrons. The van der Waals surface area contributed by atoms with Gasteiger partial charge in [-0.05, 0) is 44.7 Å². The Morgan fingerprint density at radius 2 is 1.90 bits per heavy atom. The Morgan fingerprint density at radius 3 is 2.52 bits per heavy atom. The first-order valence-electron chi connectivity index (χ1n) is 10.4. The highest BCUT2D eigenvalue weighted by Crippen LogP contribution is 2.33. The molecular weight excluding hydrogens is 390 g/mol. The molecule has 2 fully saturated rings. The van der Waals surface area contributed by atoms with Crippen LogP contribution in [0, 0.1) is 6.92 Å². The topological polar surface area (TPSA) is 86.8 Å². The highest BCUT2D eigenvalue weighted by molar-refractivity contribution is 7.89. The zero-order valence-corrected chi connectivity index (χ0v) is 18.3. The van der Waals surface area contributed by atoms with E-state index < -0.39 is 15.6 Å². The monoisotopic (exact) mass is 421 g/mol. The van der Waals surface area contributed by atoms with E-state index in [-0.39, 0.29) is 36.7 Å². The second-order valence-electron chi connectivity index (χ2n) is 8.33. The molecule has 1 saturated carbocycles. The van der Waals surface area contributed by atoms with Crippen LogP contribution in [0.5, 0.6) is 0 Å². The van der Waals surface area contributed by atoms with E-state index in [1.54, 1.807) is 13.8 Å². The number of benzene rings is 1. The molecule has 0 unspecified atom stereocenters. The van der Waals surface area contributed by atoms with Gasteiger partial charge >= 0.3 is 0 Å². The lowest BCUT2D eigenvalue weighted by atomic mass is 9.93. The molecule has 1 aliphatic heterocycles. The van der Waals surface area contributed by atoms with Crippen LogP contribution in [0.4, 0.5) is 5.69 Å². The van der Waals surface area contributed by atoms with E-state index in [4.69, 9.17) is 0 Å². The molecule has 29 heavy (non-hydrogen) atoms. The second kappa shape index (κ2) is 8.44. The Kier molecular flexibility index (Phi) is 6.33. The van der Waals surface area contributed by atoms with Crippen molar-refractivity contribution in [3.8, 4) is 0 Å². The second-order valence-corrected chi connectivity index (χ2v) is 10.4. The van der Waals surface area contributed by atoms with Gasteiger partial charge in [0.05, 0.1) is 12.3 Å². The first-order chi connectivity index (χ1) is 13.7. The molecule has 7 nitrogen and oxygen atoms in total. The van der Waals surface area contributed by atoms with Crippen molar-refractivity contribution in [2.75, 3.05) is 23.7 Å². The van der Waals surface area contributed by atoms with Crippen LogP contribution >= 0.6 is 0 Å². The molecule has 1 heterocycles. The molecule has 2 amide bonds. The Hall–Kier alpha value is -1.93. The lowest BCUT2D eigenvalue weighted by molar-refractivity contribution is -0.133. The maximum absolute atomic E-state index is 13.4. The summed E-state index contributed by atoms with van der Waals surface area (Å²) in [5, 5.41) is 3.08. The number of carbonyl (C=O) groups is 2. The van der Waals surface area contributed by atoms with Gasteiger partial charge in [-0.3, -0.25) is 14.5 Å². The van der Waals surface area contributed by atoms with E-state index in [9.17, 15) is 18.0 Å². The summed E-state index contributed by atoms with van der Waals surface area (Å²) in [4.78, 5) is 28.1. The summed E-state index contributed by atoms with van der Waals surface area (Å²) in [5.41, 5.74) is 0.199. The standard InChI is InChI=1S/C21H31N3O4S/c1-4-13-29(27,28)23-14-19(25)24(18-12-8-5-9-16(18)2)21(3,15-23)20(26)22-17-10-6-7-11-17/h5,8-9,12,17H,4,6-7,10-11,13-15H2,1-3H3,(H,22,26)/t21-/m0/s1. The molecule has 1 N–H and O–H groups in total. The summed E-state index contributed by atoms with van der Waals surface area (Å²) in [5.74, 6) is -0.711. The predicted molar refractivity (Wildman–Crippen MR) is 113 cm³/mol. The summed E-state index contributed by atoms with van der Waals surface area (Å²) in [6.45, 7) is 5.05. The first kappa shape index (κ1) is 21.8. The quantitative estimate of drug-likeness (QED) is 0.763. The van der Waals surface area contributed by atoms with Crippen molar-refractivity contribution in [2.45, 2.75) is 64.5 Å². The van der Waals surface area contributed by atoms with Crippen LogP contribution in [0.15, 0.2) is 24.3 Å². The molecule has 0 spiro atoms. The number of aryl methyl sites for hydroxylation is 1. The van der Waals surface area contributed by atoms with Crippen LogP contribution in [-0.2, 0) is 19.6 Å². The summed E-state index contributed by atoms with van der Waals surface area (Å²) in [6, 6.07) is 7.48. The normalized spacial score (nSPS) is 24.1. The van der Waals surface area contributed by atoms with Crippen molar-refractivity contribution in [1.29, 1.82) is 0 Å². The molecule has 0 radical (unpaired) electrons. The fraction of sp³-hybridized carbons (Fsp3) is 0.619. The maximum atomic E-state index is 13.4. The minimum Gasteiger partial charge on any atom is -0.351 e. The Bertz CT molecular complexity index is 880. The fourth-order valence-electron chi connectivity index (χ4n) is 4.35. The molecule has 2 aliphatic rings. The minimum atomic E-state index is -3.61. The number of sulfonamides is 1. The summed E-state index contributed by atoms with van der Waals surface area (Å²) in [6.07, 6.45) is 4.42. The lowest BCUT2D eigenvalue weighted by Crippen LogP contribution is -2.71. The molecule has 3 rings (SSSR count). The molecule has 1 aromatic carbocycles. The van der Waals surface area contributed by atoms with Gasteiger partial charge in [-0.1, -0.05) is 38.0 Å². The molecule has 0 aromatic heterocycles. The van der Waals surface area contributed by atoms with Gasteiger partial charge in [0.2, 0.25) is 21.8 Å². The van der Waals surface area contributed by atoms with E-state index in [1.165, 1.54) is 9.21 Å². The largest absolute Gasteiger partial charge is 0.351 e. The Morgan fingerprint density at radius 1 is 1.24 bits per heavy atom. The van der Waals surface area contributed by atoms with E-state index in [0.29, 0.717) is 12.1 Å². The van der Waals surface area contributed by atoms with Crippen LogP contribution in [0.3, 0.4) is 0 Å². The van der Waals surface area contributed by atoms with Crippen molar-refractivity contribution in [3.05, 3.63) is 29.8 Å². The van der Waals surface area contributed by atoms with Gasteiger partial charge in [-0.15, -0.1) is 0 Å². The summed E-state index contributed by atoms with van der Waals surface area (Å²) >= 11 is 0. The zero-order chi connectivity index (χ0) is 21.2. The third-order valence-electron chi connectivity index (χ3n) is 5.93. The predicted octanol–water partition coefficient (Wildman–Crippen LogP) is 2.20. The first-order valence-corrected chi connectivity index (χ1v) is 12.0. The SMILES string of the molecule is CCCS(=O)(=O)N1CC(=O)N(c2ccccc2C)[C@](C)(C(=O)NC2CCCC2)C1. The van der Waals surface area contributed by atoms with Crippen molar-refractivity contribution < 1.29 is 18.0 Å². The highest BCUT2D eigenvalue weighted by atomic mass is 32.2. The van der Waals surface area contributed by atoms with Crippen LogP contribution in [-0.4, -0.2) is 55.0 Å². The highest BCUT2D eigenvalue weighted by Gasteiger charge is 2.51. The minimum absolute atomic E-state index is 0.0367. The molecule has 1 aromatic rings. The lowest BCUT2D eigenvalue weighted by Gasteiger charge is -2.47. The van der Waals surface area contributed by atoms with E-state index >= 15 is 0 Å². The van der Waals surface area contributed by atoms with E-state index in [1.807, 2.05) is 31.2 Å². The third-order valence-corrected chi connectivity index (χ3v) is 7.90. The van der Waals surface area contributed by atoms with Gasteiger partial charge in [0, 0.05) is 18.3 Å². The van der Waals surface area contributed by atoms with Gasteiger partial charge in [-0.2, -0.15) is 4.31 Å². The average molecular weight is 422 g/mol. The number of hydrogen-bond donors (Lipinski definition) is 1. The number of nitrogens with zero attached hydrogens (tertiary/aromatic N) is 2. The average Bonchev–Trinajstić information content (AvgIpc) is 3.15. The number of hydrogen-bond acceptors (Lipinski definition) is 4. The van der Waals surface area contributed by atoms with Gasteiger partial charge < -0.3 is 5.32 Å². The number of nitrogens with one attached hydrogen (secondary N) is 1. The van der Waals surface area contributed by atoms with Crippen molar-refractivity contribution in [1.82, 2.24) is 9.62 Å². The molecule has 1 atom stereocenters. The van der Waals surface area contributed by atoms with Crippen molar-refractivity contribution in [3.63, 3.8) is 0 Å². The number of para-hydroxylation sites is 1. The molecular formula is C21H31N3O4S. The summed E-state index contributed by atoms with van der Waals surface area (Å²) < 4.78 is 26.6. The molecule has 8 heteroatoms. The van der Waals surface area contributed by atoms with Crippen molar-refractivity contribution >= 4 is 27.5 Å².